The number of aliphatic hydroxyl groups is 1. The van der Waals surface area contributed by atoms with Crippen molar-refractivity contribution >= 4 is 29.7 Å². The highest BCUT2D eigenvalue weighted by Gasteiger charge is 2.31. The van der Waals surface area contributed by atoms with Gasteiger partial charge < -0.3 is 35.8 Å². The van der Waals surface area contributed by atoms with Crippen LogP contribution >= 0.6 is 0 Å². The van der Waals surface area contributed by atoms with E-state index >= 15 is 0 Å². The zero-order valence-corrected chi connectivity index (χ0v) is 20.2. The second-order valence-corrected chi connectivity index (χ2v) is 8.39. The van der Waals surface area contributed by atoms with Crippen LogP contribution in [0.2, 0.25) is 0 Å². The Morgan fingerprint density at radius 1 is 0.973 bits per heavy atom. The van der Waals surface area contributed by atoms with Crippen molar-refractivity contribution in [3.63, 3.8) is 0 Å². The van der Waals surface area contributed by atoms with Crippen LogP contribution in [-0.2, 0) is 9.59 Å². The number of carbonyl (C=O) groups excluding carboxylic acids is 2. The van der Waals surface area contributed by atoms with E-state index in [9.17, 15) is 19.2 Å². The molecule has 1 aliphatic rings. The first kappa shape index (κ1) is 27.3. The van der Waals surface area contributed by atoms with Crippen molar-refractivity contribution in [1.29, 1.82) is 0 Å². The lowest BCUT2D eigenvalue weighted by molar-refractivity contribution is -0.138. The van der Waals surface area contributed by atoms with Gasteiger partial charge in [-0.2, -0.15) is 0 Å². The number of hydrogen-bond donors (Lipinski definition) is 5. The second kappa shape index (κ2) is 13.2. The van der Waals surface area contributed by atoms with E-state index in [2.05, 4.69) is 20.6 Å². The predicted molar refractivity (Wildman–Crippen MR) is 132 cm³/mol. The minimum Gasteiger partial charge on any atom is -0.481 e. The molecule has 5 N–H and O–H groups in total. The molecule has 1 atom stereocenters. The van der Waals surface area contributed by atoms with E-state index in [0.29, 0.717) is 24.3 Å². The highest BCUT2D eigenvalue weighted by Crippen LogP contribution is 2.18. The minimum absolute atomic E-state index is 0.0228. The Balaban J connectivity index is 1.81. The van der Waals surface area contributed by atoms with Crippen LogP contribution in [0.15, 0.2) is 36.4 Å². The van der Waals surface area contributed by atoms with E-state index in [1.54, 1.807) is 24.3 Å². The van der Waals surface area contributed by atoms with E-state index in [1.165, 1.54) is 15.9 Å². The molecule has 3 amide bonds. The van der Waals surface area contributed by atoms with E-state index in [1.807, 2.05) is 6.07 Å². The molecule has 13 heteroatoms. The van der Waals surface area contributed by atoms with Crippen LogP contribution in [-0.4, -0.2) is 104 Å². The molecule has 198 valence electrons. The zero-order chi connectivity index (χ0) is 26.8. The highest BCUT2D eigenvalue weighted by atomic mass is 16.4. The Hall–Kier alpha value is -4.26. The normalized spacial score (nSPS) is 14.1. The SMILES string of the molecule is O=C(O)CC[C@H](NC(=O)c1cc(NCCCO)nc(-c2ccccc2)n1)C(=O)N1CCN(C(=O)O)CC1. The quantitative estimate of drug-likeness (QED) is 0.268. The molecule has 0 aliphatic carbocycles. The summed E-state index contributed by atoms with van der Waals surface area (Å²) in [4.78, 5) is 60.1. The number of piperazine rings is 1. The van der Waals surface area contributed by atoms with Crippen LogP contribution in [0.1, 0.15) is 29.8 Å². The Labute approximate surface area is 213 Å². The molecule has 2 heterocycles. The van der Waals surface area contributed by atoms with Gasteiger partial charge in [0.15, 0.2) is 5.82 Å². The van der Waals surface area contributed by atoms with Crippen molar-refractivity contribution in [2.45, 2.75) is 25.3 Å². The van der Waals surface area contributed by atoms with Gasteiger partial charge in [0.05, 0.1) is 0 Å². The number of carboxylic acids is 1. The van der Waals surface area contributed by atoms with Gasteiger partial charge in [-0.15, -0.1) is 0 Å². The summed E-state index contributed by atoms with van der Waals surface area (Å²) in [6.45, 7) is 0.895. The summed E-state index contributed by atoms with van der Waals surface area (Å²) in [6.07, 6.45) is -1.10. The number of carbonyl (C=O) groups is 4. The van der Waals surface area contributed by atoms with Gasteiger partial charge in [-0.05, 0) is 12.8 Å². The van der Waals surface area contributed by atoms with Crippen molar-refractivity contribution in [1.82, 2.24) is 25.1 Å². The van der Waals surface area contributed by atoms with Crippen LogP contribution in [0, 0.1) is 0 Å². The van der Waals surface area contributed by atoms with Gasteiger partial charge in [0.1, 0.15) is 17.6 Å². The number of nitrogens with zero attached hydrogens (tertiary/aromatic N) is 4. The van der Waals surface area contributed by atoms with Gasteiger partial charge in [-0.1, -0.05) is 30.3 Å². The van der Waals surface area contributed by atoms with E-state index < -0.39 is 29.9 Å². The molecule has 13 nitrogen and oxygen atoms in total. The number of anilines is 1. The van der Waals surface area contributed by atoms with Gasteiger partial charge in [0.25, 0.3) is 5.91 Å². The Kier molecular flexibility index (Phi) is 9.72. The Morgan fingerprint density at radius 2 is 1.65 bits per heavy atom. The largest absolute Gasteiger partial charge is 0.481 e. The number of nitrogens with one attached hydrogen (secondary N) is 2. The van der Waals surface area contributed by atoms with E-state index in [0.717, 1.165) is 0 Å². The molecule has 1 saturated heterocycles. The summed E-state index contributed by atoms with van der Waals surface area (Å²) in [5.41, 5.74) is 0.640. The van der Waals surface area contributed by atoms with Gasteiger partial charge in [0.2, 0.25) is 5.91 Å². The first-order valence-corrected chi connectivity index (χ1v) is 11.9. The molecule has 0 saturated carbocycles. The molecule has 1 aromatic carbocycles. The third-order valence-corrected chi connectivity index (χ3v) is 5.74. The fraction of sp³-hybridized carbons (Fsp3) is 0.417. The average Bonchev–Trinajstić information content (AvgIpc) is 2.91. The Morgan fingerprint density at radius 3 is 2.27 bits per heavy atom. The van der Waals surface area contributed by atoms with Crippen LogP contribution in [0.3, 0.4) is 0 Å². The van der Waals surface area contributed by atoms with Crippen LogP contribution in [0.25, 0.3) is 11.4 Å². The molecule has 1 aromatic heterocycles. The van der Waals surface area contributed by atoms with Crippen LogP contribution in [0.4, 0.5) is 10.6 Å². The minimum atomic E-state index is -1.14. The van der Waals surface area contributed by atoms with Crippen molar-refractivity contribution in [2.24, 2.45) is 0 Å². The van der Waals surface area contributed by atoms with Crippen LogP contribution in [0.5, 0.6) is 0 Å². The molecule has 3 rings (SSSR count). The fourth-order valence-corrected chi connectivity index (χ4v) is 3.76. The van der Waals surface area contributed by atoms with Gasteiger partial charge in [-0.3, -0.25) is 14.4 Å². The van der Waals surface area contributed by atoms with Gasteiger partial charge >= 0.3 is 12.1 Å². The topological polar surface area (TPSA) is 185 Å². The molecule has 0 radical (unpaired) electrons. The van der Waals surface area contributed by atoms with Gasteiger partial charge in [0, 0.05) is 57.4 Å². The van der Waals surface area contributed by atoms with Crippen LogP contribution < -0.4 is 10.6 Å². The molecular formula is C24H30N6O7. The molecule has 0 spiro atoms. The summed E-state index contributed by atoms with van der Waals surface area (Å²) in [5.74, 6) is -1.66. The molecule has 37 heavy (non-hydrogen) atoms. The highest BCUT2D eigenvalue weighted by molar-refractivity contribution is 5.97. The maximum Gasteiger partial charge on any atom is 0.407 e. The number of carboxylic acid groups (broad SMARTS) is 2. The number of aliphatic hydroxyl groups excluding tert-OH is 1. The van der Waals surface area contributed by atoms with E-state index in [-0.39, 0.29) is 57.1 Å². The molecule has 0 bridgehead atoms. The summed E-state index contributed by atoms with van der Waals surface area (Å²) in [6, 6.07) is 9.28. The summed E-state index contributed by atoms with van der Waals surface area (Å²) in [5, 5.41) is 33.0. The lowest BCUT2D eigenvalue weighted by atomic mass is 10.1. The van der Waals surface area contributed by atoms with E-state index in [4.69, 9.17) is 15.3 Å². The molecule has 2 aromatic rings. The van der Waals surface area contributed by atoms with Crippen molar-refractivity contribution in [2.75, 3.05) is 44.6 Å². The number of amides is 3. The maximum atomic E-state index is 13.2. The number of aliphatic carboxylic acids is 1. The summed E-state index contributed by atoms with van der Waals surface area (Å²) in [7, 11) is 0. The van der Waals surface area contributed by atoms with Crippen molar-refractivity contribution in [3.8, 4) is 11.4 Å². The number of aromatic nitrogens is 2. The van der Waals surface area contributed by atoms with Gasteiger partial charge in [-0.25, -0.2) is 14.8 Å². The smallest absolute Gasteiger partial charge is 0.407 e. The third-order valence-electron chi connectivity index (χ3n) is 5.74. The third kappa shape index (κ3) is 7.87. The lowest BCUT2D eigenvalue weighted by Gasteiger charge is -2.35. The molecular weight excluding hydrogens is 484 g/mol. The van der Waals surface area contributed by atoms with Crippen molar-refractivity contribution < 1.29 is 34.5 Å². The standard InChI is InChI=1S/C24H30N6O7/c31-14-4-9-25-19-15-18(26-21(28-19)16-5-2-1-3-6-16)22(34)27-17(7-8-20(32)33)23(35)29-10-12-30(13-11-29)24(36)37/h1-3,5-6,15,17,31H,4,7-14H2,(H,27,34)(H,32,33)(H,36,37)(H,25,26,28)/t17-/m0/s1. The maximum absolute atomic E-state index is 13.2. The average molecular weight is 515 g/mol. The monoisotopic (exact) mass is 514 g/mol. The predicted octanol–water partition coefficient (Wildman–Crippen LogP) is 0.723. The number of hydrogen-bond acceptors (Lipinski definition) is 8. The first-order chi connectivity index (χ1) is 17.8. The first-order valence-electron chi connectivity index (χ1n) is 11.9. The summed E-state index contributed by atoms with van der Waals surface area (Å²) < 4.78 is 0. The number of benzene rings is 1. The van der Waals surface area contributed by atoms with Crippen molar-refractivity contribution in [3.05, 3.63) is 42.1 Å². The fourth-order valence-electron chi connectivity index (χ4n) is 3.76. The zero-order valence-electron chi connectivity index (χ0n) is 20.2. The Bertz CT molecular complexity index is 1110. The summed E-state index contributed by atoms with van der Waals surface area (Å²) >= 11 is 0. The molecule has 0 unspecified atom stereocenters. The molecule has 1 aliphatic heterocycles. The molecule has 1 fully saturated rings. The lowest BCUT2D eigenvalue weighted by Crippen LogP contribution is -2.55. The number of rotatable bonds is 11. The second-order valence-electron chi connectivity index (χ2n) is 8.39.